The van der Waals surface area contributed by atoms with Gasteiger partial charge < -0.3 is 9.90 Å². The van der Waals surface area contributed by atoms with Gasteiger partial charge in [0.15, 0.2) is 0 Å². The summed E-state index contributed by atoms with van der Waals surface area (Å²) < 4.78 is 0. The molecule has 20 heavy (non-hydrogen) atoms. The second-order valence-corrected chi connectivity index (χ2v) is 5.17. The summed E-state index contributed by atoms with van der Waals surface area (Å²) in [4.78, 5) is 23.4. The van der Waals surface area contributed by atoms with E-state index in [9.17, 15) is 14.7 Å². The highest BCUT2D eigenvalue weighted by Crippen LogP contribution is 2.41. The number of hydrazone groups is 1. The van der Waals surface area contributed by atoms with E-state index in [0.29, 0.717) is 0 Å². The lowest BCUT2D eigenvalue weighted by atomic mass is 9.78. The summed E-state index contributed by atoms with van der Waals surface area (Å²) in [5.41, 5.74) is 0.235. The average molecular weight is 271 g/mol. The Hall–Kier alpha value is -2.43. The summed E-state index contributed by atoms with van der Waals surface area (Å²) in [6.07, 6.45) is 2.65. The molecule has 0 saturated heterocycles. The molecule has 0 aromatic heterocycles. The van der Waals surface area contributed by atoms with Crippen molar-refractivity contribution < 1.29 is 14.7 Å². The van der Waals surface area contributed by atoms with Gasteiger partial charge in [-0.2, -0.15) is 5.10 Å². The quantitative estimate of drug-likeness (QED) is 0.765. The summed E-state index contributed by atoms with van der Waals surface area (Å²) >= 11 is 0. The zero-order chi connectivity index (χ0) is 14.9. The van der Waals surface area contributed by atoms with Crippen molar-refractivity contribution in [2.24, 2.45) is 10.5 Å². The third-order valence-electron chi connectivity index (χ3n) is 3.47. The lowest BCUT2D eigenvalue weighted by Crippen LogP contribution is -2.49. The molecule has 1 aliphatic rings. The Labute approximate surface area is 117 Å². The highest BCUT2D eigenvalue weighted by molar-refractivity contribution is 5.92. The number of fused-ring (bicyclic) bond motifs is 1. The predicted molar refractivity (Wildman–Crippen MR) is 72.6 cm³/mol. The maximum Gasteiger partial charge on any atom is 0.266 e. The van der Waals surface area contributed by atoms with Crippen molar-refractivity contribution >= 4 is 18.1 Å². The van der Waals surface area contributed by atoms with E-state index < -0.39 is 23.3 Å². The SMILES string of the molecule is C=CC(=O)N1N=Cc2ccccc2C1C(C)(C)C(=O)[O-]. The van der Waals surface area contributed by atoms with Gasteiger partial charge in [-0.25, -0.2) is 5.01 Å². The van der Waals surface area contributed by atoms with Crippen LogP contribution >= 0.6 is 0 Å². The Morgan fingerprint density at radius 1 is 1.40 bits per heavy atom. The van der Waals surface area contributed by atoms with E-state index >= 15 is 0 Å². The maximum absolute atomic E-state index is 11.9. The zero-order valence-corrected chi connectivity index (χ0v) is 11.4. The molecule has 1 aromatic rings. The monoisotopic (exact) mass is 271 g/mol. The largest absolute Gasteiger partial charge is 0.549 e. The Bertz CT molecular complexity index is 605. The fourth-order valence-electron chi connectivity index (χ4n) is 2.28. The molecule has 5 heteroatoms. The molecule has 0 radical (unpaired) electrons. The van der Waals surface area contributed by atoms with Gasteiger partial charge in [-0.1, -0.05) is 44.7 Å². The Morgan fingerprint density at radius 2 is 2.05 bits per heavy atom. The Morgan fingerprint density at radius 3 is 2.65 bits per heavy atom. The number of aliphatic carboxylic acids is 1. The number of carbonyl (C=O) groups is 2. The van der Waals surface area contributed by atoms with Gasteiger partial charge in [0.1, 0.15) is 0 Å². The number of hydrogen-bond donors (Lipinski definition) is 0. The van der Waals surface area contributed by atoms with Crippen molar-refractivity contribution in [2.45, 2.75) is 19.9 Å². The number of carboxylic acid groups (broad SMARTS) is 1. The molecule has 104 valence electrons. The van der Waals surface area contributed by atoms with E-state index in [1.165, 1.54) is 13.8 Å². The number of nitrogens with zero attached hydrogens (tertiary/aromatic N) is 2. The first-order valence-corrected chi connectivity index (χ1v) is 6.19. The van der Waals surface area contributed by atoms with Crippen molar-refractivity contribution in [3.05, 3.63) is 48.0 Å². The molecule has 0 saturated carbocycles. The van der Waals surface area contributed by atoms with Gasteiger partial charge in [0.25, 0.3) is 5.91 Å². The first kappa shape index (κ1) is 14.0. The number of benzene rings is 1. The van der Waals surface area contributed by atoms with Gasteiger partial charge >= 0.3 is 0 Å². The Balaban J connectivity index is 2.61. The molecule has 1 atom stereocenters. The summed E-state index contributed by atoms with van der Waals surface area (Å²) in [5.74, 6) is -1.69. The molecule has 0 N–H and O–H groups in total. The Kier molecular flexibility index (Phi) is 3.44. The molecule has 2 rings (SSSR count). The lowest BCUT2D eigenvalue weighted by molar-refractivity contribution is -0.320. The molecule has 0 fully saturated rings. The minimum Gasteiger partial charge on any atom is -0.549 e. The van der Waals surface area contributed by atoms with Crippen molar-refractivity contribution in [1.29, 1.82) is 0 Å². The van der Waals surface area contributed by atoms with Gasteiger partial charge in [-0.15, -0.1) is 0 Å². The van der Waals surface area contributed by atoms with Crippen LogP contribution < -0.4 is 5.11 Å². The van der Waals surface area contributed by atoms with Crippen LogP contribution in [0.2, 0.25) is 0 Å². The summed E-state index contributed by atoms with van der Waals surface area (Å²) in [6, 6.07) is 6.51. The third kappa shape index (κ3) is 2.11. The smallest absolute Gasteiger partial charge is 0.266 e. The number of carbonyl (C=O) groups excluding carboxylic acids is 2. The number of rotatable bonds is 3. The van der Waals surface area contributed by atoms with Crippen molar-refractivity contribution in [3.63, 3.8) is 0 Å². The topological polar surface area (TPSA) is 72.8 Å². The molecular formula is C15H15N2O3-. The minimum atomic E-state index is -1.29. The fraction of sp³-hybridized carbons (Fsp3) is 0.267. The van der Waals surface area contributed by atoms with Crippen molar-refractivity contribution in [3.8, 4) is 0 Å². The van der Waals surface area contributed by atoms with Crippen LogP contribution in [0.5, 0.6) is 0 Å². The minimum absolute atomic E-state index is 0.449. The fourth-order valence-corrected chi connectivity index (χ4v) is 2.28. The number of hydrogen-bond acceptors (Lipinski definition) is 4. The second kappa shape index (κ2) is 4.92. The molecule has 1 aliphatic heterocycles. The molecule has 1 aromatic carbocycles. The highest BCUT2D eigenvalue weighted by Gasteiger charge is 2.41. The molecule has 0 aliphatic carbocycles. The van der Waals surface area contributed by atoms with Gasteiger partial charge in [0.2, 0.25) is 0 Å². The molecular weight excluding hydrogens is 256 g/mol. The lowest BCUT2D eigenvalue weighted by Gasteiger charge is -2.42. The first-order chi connectivity index (χ1) is 9.39. The molecule has 0 bridgehead atoms. The van der Waals surface area contributed by atoms with Crippen LogP contribution in [0.3, 0.4) is 0 Å². The van der Waals surface area contributed by atoms with Gasteiger partial charge in [0.05, 0.1) is 12.3 Å². The molecule has 1 unspecified atom stereocenters. The van der Waals surface area contributed by atoms with Crippen LogP contribution in [-0.2, 0) is 9.59 Å². The van der Waals surface area contributed by atoms with Crippen LogP contribution in [-0.4, -0.2) is 23.1 Å². The van der Waals surface area contributed by atoms with E-state index in [0.717, 1.165) is 22.2 Å². The molecule has 1 amide bonds. The first-order valence-electron chi connectivity index (χ1n) is 6.19. The van der Waals surface area contributed by atoms with E-state index in [2.05, 4.69) is 11.7 Å². The van der Waals surface area contributed by atoms with Crippen LogP contribution in [0, 0.1) is 5.41 Å². The maximum atomic E-state index is 11.9. The van der Waals surface area contributed by atoms with E-state index in [-0.39, 0.29) is 0 Å². The van der Waals surface area contributed by atoms with E-state index in [1.54, 1.807) is 18.3 Å². The van der Waals surface area contributed by atoms with Gasteiger partial charge in [-0.05, 0) is 17.2 Å². The van der Waals surface area contributed by atoms with Gasteiger partial charge in [-0.3, -0.25) is 4.79 Å². The van der Waals surface area contributed by atoms with E-state index in [4.69, 9.17) is 0 Å². The van der Waals surface area contributed by atoms with Gasteiger partial charge in [0, 0.05) is 11.4 Å². The summed E-state index contributed by atoms with van der Waals surface area (Å²) in [7, 11) is 0. The van der Waals surface area contributed by atoms with E-state index in [1.807, 2.05) is 12.1 Å². The van der Waals surface area contributed by atoms with Crippen molar-refractivity contribution in [2.75, 3.05) is 0 Å². The van der Waals surface area contributed by atoms with Crippen LogP contribution in [0.15, 0.2) is 42.0 Å². The standard InChI is InChI=1S/C15H16N2O3/c1-4-12(18)17-13(15(2,3)14(19)20)11-8-6-5-7-10(11)9-16-17/h4-9,13H,1H2,2-3H3,(H,19,20)/p-1. The van der Waals surface area contributed by atoms with Crippen LogP contribution in [0.1, 0.15) is 31.0 Å². The zero-order valence-electron chi connectivity index (χ0n) is 11.4. The second-order valence-electron chi connectivity index (χ2n) is 5.17. The van der Waals surface area contributed by atoms with Crippen LogP contribution in [0.4, 0.5) is 0 Å². The average Bonchev–Trinajstić information content (AvgIpc) is 2.44. The predicted octanol–water partition coefficient (Wildman–Crippen LogP) is 0.866. The summed E-state index contributed by atoms with van der Waals surface area (Å²) in [5, 5.41) is 16.7. The van der Waals surface area contributed by atoms with Crippen LogP contribution in [0.25, 0.3) is 0 Å². The molecule has 1 heterocycles. The third-order valence-corrected chi connectivity index (χ3v) is 3.47. The molecule has 0 spiro atoms. The van der Waals surface area contributed by atoms with Crippen molar-refractivity contribution in [1.82, 2.24) is 5.01 Å². The number of amides is 1. The molecule has 5 nitrogen and oxygen atoms in total. The number of carboxylic acids is 1. The summed E-state index contributed by atoms with van der Waals surface area (Å²) in [6.45, 7) is 6.47. The normalized spacial score (nSPS) is 17.5. The highest BCUT2D eigenvalue weighted by atomic mass is 16.4.